The van der Waals surface area contributed by atoms with E-state index in [2.05, 4.69) is 28.9 Å². The highest BCUT2D eigenvalue weighted by molar-refractivity contribution is 6.03. The summed E-state index contributed by atoms with van der Waals surface area (Å²) < 4.78 is 0. The lowest BCUT2D eigenvalue weighted by Crippen LogP contribution is -2.28. The number of pyridine rings is 1. The molecular weight excluding hydrogens is 240 g/mol. The molecule has 0 aliphatic rings. The molecule has 106 valence electrons. The fourth-order valence-electron chi connectivity index (χ4n) is 2.17. The number of anilines is 1. The van der Waals surface area contributed by atoms with Crippen molar-refractivity contribution in [2.75, 3.05) is 18.5 Å². The summed E-state index contributed by atoms with van der Waals surface area (Å²) in [6.45, 7) is 9.13. The molecule has 19 heavy (non-hydrogen) atoms. The van der Waals surface area contributed by atoms with Crippen LogP contribution in [0.4, 0.5) is 5.69 Å². The van der Waals surface area contributed by atoms with Crippen molar-refractivity contribution in [3.63, 3.8) is 0 Å². The zero-order chi connectivity index (χ0) is 14.6. The van der Waals surface area contributed by atoms with E-state index in [1.165, 1.54) is 0 Å². The van der Waals surface area contributed by atoms with Crippen LogP contribution in [0.15, 0.2) is 11.2 Å². The van der Waals surface area contributed by atoms with Gasteiger partial charge in [0.25, 0.3) is 0 Å². The topological polar surface area (TPSA) is 74.7 Å². The monoisotopic (exact) mass is 264 g/mol. The van der Waals surface area contributed by atoms with Crippen LogP contribution in [0.25, 0.3) is 0 Å². The molecule has 0 aliphatic heterocycles. The average Bonchev–Trinajstić information content (AvgIpc) is 2.36. The number of hydrogen-bond acceptors (Lipinski definition) is 4. The van der Waals surface area contributed by atoms with E-state index in [9.17, 15) is 0 Å². The maximum atomic E-state index is 8.93. The molecule has 0 aromatic carbocycles. The molecule has 0 spiro atoms. The van der Waals surface area contributed by atoms with Crippen LogP contribution in [0.2, 0.25) is 0 Å². The highest BCUT2D eigenvalue weighted by atomic mass is 16.4. The summed E-state index contributed by atoms with van der Waals surface area (Å²) in [7, 11) is 2.02. The number of aromatic nitrogens is 1. The van der Waals surface area contributed by atoms with E-state index in [1.807, 2.05) is 27.0 Å². The molecule has 1 aromatic heterocycles. The van der Waals surface area contributed by atoms with Crippen LogP contribution in [0.3, 0.4) is 0 Å². The summed E-state index contributed by atoms with van der Waals surface area (Å²) in [6.07, 6.45) is 1.12. The number of amidine groups is 1. The van der Waals surface area contributed by atoms with Crippen LogP contribution in [0.1, 0.15) is 37.2 Å². The number of nitrogens with zero attached hydrogens (tertiary/aromatic N) is 3. The van der Waals surface area contributed by atoms with Crippen molar-refractivity contribution in [2.45, 2.75) is 34.1 Å². The van der Waals surface area contributed by atoms with Gasteiger partial charge in [-0.1, -0.05) is 25.4 Å². The molecule has 1 atom stereocenters. The standard InChI is InChI=1S/C14H24N4O/c1-6-9(2)8-18(5)12-7-10(3)16-11(4)13(12)14(15)17-19/h7,9,19H,6,8H2,1-5H3,(H2,15,17). The molecule has 0 fully saturated rings. The van der Waals surface area contributed by atoms with Crippen molar-refractivity contribution in [2.24, 2.45) is 16.8 Å². The number of nitrogens with two attached hydrogens (primary N) is 1. The smallest absolute Gasteiger partial charge is 0.174 e. The van der Waals surface area contributed by atoms with Crippen molar-refractivity contribution in [1.29, 1.82) is 0 Å². The van der Waals surface area contributed by atoms with Gasteiger partial charge in [-0.3, -0.25) is 4.98 Å². The summed E-state index contributed by atoms with van der Waals surface area (Å²) in [5.41, 5.74) is 9.15. The fraction of sp³-hybridized carbons (Fsp3) is 0.571. The lowest BCUT2D eigenvalue weighted by atomic mass is 10.1. The van der Waals surface area contributed by atoms with Crippen LogP contribution in [0.5, 0.6) is 0 Å². The van der Waals surface area contributed by atoms with Crippen LogP contribution >= 0.6 is 0 Å². The minimum atomic E-state index is 0.107. The van der Waals surface area contributed by atoms with Gasteiger partial charge in [0.2, 0.25) is 0 Å². The molecule has 1 heterocycles. The fourth-order valence-corrected chi connectivity index (χ4v) is 2.17. The summed E-state index contributed by atoms with van der Waals surface area (Å²) in [5.74, 6) is 0.690. The normalized spacial score (nSPS) is 13.4. The summed E-state index contributed by atoms with van der Waals surface area (Å²) in [5, 5.41) is 12.1. The van der Waals surface area contributed by atoms with Gasteiger partial charge in [-0.15, -0.1) is 0 Å². The summed E-state index contributed by atoms with van der Waals surface area (Å²) in [6, 6.07) is 1.97. The maximum absolute atomic E-state index is 8.93. The Kier molecular flexibility index (Phi) is 5.15. The second kappa shape index (κ2) is 6.41. The first kappa shape index (κ1) is 15.3. The summed E-state index contributed by atoms with van der Waals surface area (Å²) >= 11 is 0. The zero-order valence-electron chi connectivity index (χ0n) is 12.4. The van der Waals surface area contributed by atoms with Crippen molar-refractivity contribution in [3.8, 4) is 0 Å². The van der Waals surface area contributed by atoms with E-state index in [0.717, 1.165) is 30.0 Å². The Morgan fingerprint density at radius 2 is 2.16 bits per heavy atom. The minimum absolute atomic E-state index is 0.107. The second-order valence-corrected chi connectivity index (χ2v) is 5.12. The Balaban J connectivity index is 3.24. The van der Waals surface area contributed by atoms with Gasteiger partial charge in [-0.2, -0.15) is 0 Å². The molecule has 3 N–H and O–H groups in total. The highest BCUT2D eigenvalue weighted by Gasteiger charge is 2.17. The van der Waals surface area contributed by atoms with Crippen molar-refractivity contribution in [3.05, 3.63) is 23.0 Å². The van der Waals surface area contributed by atoms with Crippen molar-refractivity contribution < 1.29 is 5.21 Å². The predicted octanol–water partition coefficient (Wildman–Crippen LogP) is 2.28. The Bertz CT molecular complexity index is 471. The molecule has 1 aromatic rings. The van der Waals surface area contributed by atoms with Gasteiger partial charge in [0.15, 0.2) is 5.84 Å². The van der Waals surface area contributed by atoms with E-state index in [0.29, 0.717) is 11.5 Å². The first-order chi connectivity index (χ1) is 8.90. The van der Waals surface area contributed by atoms with Gasteiger partial charge in [-0.25, -0.2) is 0 Å². The molecule has 1 rings (SSSR count). The number of oxime groups is 1. The van der Waals surface area contributed by atoms with E-state index in [1.54, 1.807) is 0 Å². The quantitative estimate of drug-likeness (QED) is 0.370. The van der Waals surface area contributed by atoms with E-state index in [4.69, 9.17) is 10.9 Å². The molecule has 0 bridgehead atoms. The first-order valence-electron chi connectivity index (χ1n) is 6.57. The van der Waals surface area contributed by atoms with E-state index in [-0.39, 0.29) is 5.84 Å². The first-order valence-corrected chi connectivity index (χ1v) is 6.57. The number of aryl methyl sites for hydroxylation is 2. The number of rotatable bonds is 5. The van der Waals surface area contributed by atoms with E-state index >= 15 is 0 Å². The van der Waals surface area contributed by atoms with Gasteiger partial charge in [0.1, 0.15) is 0 Å². The number of hydrogen-bond donors (Lipinski definition) is 2. The van der Waals surface area contributed by atoms with Crippen molar-refractivity contribution in [1.82, 2.24) is 4.98 Å². The summed E-state index contributed by atoms with van der Waals surface area (Å²) in [4.78, 5) is 6.53. The molecule has 5 heteroatoms. The average molecular weight is 264 g/mol. The Morgan fingerprint density at radius 3 is 2.68 bits per heavy atom. The van der Waals surface area contributed by atoms with Gasteiger partial charge in [-0.05, 0) is 25.8 Å². The molecule has 0 amide bonds. The molecule has 0 saturated carbocycles. The third-order valence-corrected chi connectivity index (χ3v) is 3.37. The molecule has 0 radical (unpaired) electrons. The third-order valence-electron chi connectivity index (χ3n) is 3.37. The lowest BCUT2D eigenvalue weighted by Gasteiger charge is -2.26. The zero-order valence-corrected chi connectivity index (χ0v) is 12.4. The van der Waals surface area contributed by atoms with Gasteiger partial charge in [0.05, 0.1) is 16.9 Å². The van der Waals surface area contributed by atoms with Crippen molar-refractivity contribution >= 4 is 11.5 Å². The van der Waals surface area contributed by atoms with Crippen LogP contribution < -0.4 is 10.6 Å². The van der Waals surface area contributed by atoms with Gasteiger partial charge >= 0.3 is 0 Å². The van der Waals surface area contributed by atoms with E-state index < -0.39 is 0 Å². The van der Waals surface area contributed by atoms with Gasteiger partial charge < -0.3 is 15.8 Å². The highest BCUT2D eigenvalue weighted by Crippen LogP contribution is 2.24. The predicted molar refractivity (Wildman–Crippen MR) is 78.9 cm³/mol. The minimum Gasteiger partial charge on any atom is -0.409 e. The van der Waals surface area contributed by atoms with Gasteiger partial charge in [0, 0.05) is 19.3 Å². The Hall–Kier alpha value is -1.78. The van der Waals surface area contributed by atoms with Crippen LogP contribution in [0, 0.1) is 19.8 Å². The lowest BCUT2D eigenvalue weighted by molar-refractivity contribution is 0.318. The van der Waals surface area contributed by atoms with Crippen LogP contribution in [-0.4, -0.2) is 29.6 Å². The molecule has 1 unspecified atom stereocenters. The second-order valence-electron chi connectivity index (χ2n) is 5.12. The molecule has 0 aliphatic carbocycles. The van der Waals surface area contributed by atoms with Crippen LogP contribution in [-0.2, 0) is 0 Å². The maximum Gasteiger partial charge on any atom is 0.174 e. The Labute approximate surface area is 115 Å². The third kappa shape index (κ3) is 3.59. The molecule has 5 nitrogen and oxygen atoms in total. The SMILES string of the molecule is CCC(C)CN(C)c1cc(C)nc(C)c1/C(N)=N/O. The molecular formula is C14H24N4O. The largest absolute Gasteiger partial charge is 0.409 e. The Morgan fingerprint density at radius 1 is 1.53 bits per heavy atom. The molecule has 0 saturated heterocycles.